The van der Waals surface area contributed by atoms with Gasteiger partial charge in [0.1, 0.15) is 12.4 Å². The van der Waals surface area contributed by atoms with Crippen molar-refractivity contribution in [3.05, 3.63) is 63.6 Å². The topological polar surface area (TPSA) is 24.5 Å². The van der Waals surface area contributed by atoms with E-state index in [1.807, 2.05) is 0 Å². The van der Waals surface area contributed by atoms with Crippen LogP contribution in [-0.2, 0) is 6.42 Å². The Balaban J connectivity index is 1.81. The molecule has 3 nitrogen and oxygen atoms in total. The van der Waals surface area contributed by atoms with E-state index in [-0.39, 0.29) is 6.04 Å². The Kier molecular flexibility index (Phi) is 5.36. The van der Waals surface area contributed by atoms with Crippen molar-refractivity contribution in [3.63, 3.8) is 0 Å². The van der Waals surface area contributed by atoms with Gasteiger partial charge >= 0.3 is 0 Å². The SMILES string of the molecule is CN(C)CCOc1ccc2c(c1)CCNC2c1ccccc1Br. The van der Waals surface area contributed by atoms with Gasteiger partial charge in [0.25, 0.3) is 0 Å². The molecule has 3 rings (SSSR count). The smallest absolute Gasteiger partial charge is 0.119 e. The minimum atomic E-state index is 0.241. The summed E-state index contributed by atoms with van der Waals surface area (Å²) in [5.74, 6) is 0.971. The summed E-state index contributed by atoms with van der Waals surface area (Å²) < 4.78 is 7.03. The third kappa shape index (κ3) is 3.94. The number of ether oxygens (including phenoxy) is 1. The first-order chi connectivity index (χ1) is 11.1. The van der Waals surface area contributed by atoms with Gasteiger partial charge in [-0.2, -0.15) is 0 Å². The Morgan fingerprint density at radius 3 is 2.78 bits per heavy atom. The van der Waals surface area contributed by atoms with Crippen LogP contribution < -0.4 is 10.1 Å². The number of nitrogens with zero attached hydrogens (tertiary/aromatic N) is 1. The van der Waals surface area contributed by atoms with Gasteiger partial charge in [-0.25, -0.2) is 0 Å². The monoisotopic (exact) mass is 374 g/mol. The predicted molar refractivity (Wildman–Crippen MR) is 98.2 cm³/mol. The number of rotatable bonds is 5. The summed E-state index contributed by atoms with van der Waals surface area (Å²) in [6.07, 6.45) is 1.04. The van der Waals surface area contributed by atoms with Gasteiger partial charge in [-0.1, -0.05) is 40.2 Å². The highest BCUT2D eigenvalue weighted by Gasteiger charge is 2.23. The normalized spacial score (nSPS) is 17.1. The first-order valence-electron chi connectivity index (χ1n) is 8.03. The van der Waals surface area contributed by atoms with Gasteiger partial charge in [0.15, 0.2) is 0 Å². The summed E-state index contributed by atoms with van der Waals surface area (Å²) in [6, 6.07) is 15.2. The number of hydrogen-bond acceptors (Lipinski definition) is 3. The lowest BCUT2D eigenvalue weighted by Gasteiger charge is -2.28. The van der Waals surface area contributed by atoms with Crippen LogP contribution in [0.1, 0.15) is 22.7 Å². The second-order valence-corrected chi connectivity index (χ2v) is 7.03. The molecule has 0 amide bonds. The van der Waals surface area contributed by atoms with Crippen molar-refractivity contribution >= 4 is 15.9 Å². The molecule has 0 radical (unpaired) electrons. The molecule has 1 aliphatic heterocycles. The van der Waals surface area contributed by atoms with Crippen LogP contribution in [-0.4, -0.2) is 38.7 Å². The first-order valence-corrected chi connectivity index (χ1v) is 8.82. The Hall–Kier alpha value is -1.36. The molecule has 0 saturated heterocycles. The zero-order chi connectivity index (χ0) is 16.2. The van der Waals surface area contributed by atoms with E-state index in [4.69, 9.17) is 4.74 Å². The zero-order valence-electron chi connectivity index (χ0n) is 13.7. The van der Waals surface area contributed by atoms with Crippen molar-refractivity contribution in [3.8, 4) is 5.75 Å². The molecular formula is C19H23BrN2O. The number of nitrogens with one attached hydrogen (secondary N) is 1. The van der Waals surface area contributed by atoms with Crippen molar-refractivity contribution in [1.29, 1.82) is 0 Å². The van der Waals surface area contributed by atoms with E-state index >= 15 is 0 Å². The lowest BCUT2D eigenvalue weighted by atomic mass is 9.90. The van der Waals surface area contributed by atoms with Crippen molar-refractivity contribution < 1.29 is 4.74 Å². The van der Waals surface area contributed by atoms with Crippen molar-refractivity contribution in [2.45, 2.75) is 12.5 Å². The van der Waals surface area contributed by atoms with Crippen LogP contribution in [0.15, 0.2) is 46.9 Å². The minimum Gasteiger partial charge on any atom is -0.492 e. The number of halogens is 1. The molecule has 0 spiro atoms. The fraction of sp³-hybridized carbons (Fsp3) is 0.368. The van der Waals surface area contributed by atoms with E-state index in [1.54, 1.807) is 0 Å². The van der Waals surface area contributed by atoms with Crippen LogP contribution >= 0.6 is 15.9 Å². The van der Waals surface area contributed by atoms with Crippen molar-refractivity contribution in [2.75, 3.05) is 33.8 Å². The van der Waals surface area contributed by atoms with Gasteiger partial charge in [-0.05, 0) is 55.4 Å². The van der Waals surface area contributed by atoms with Crippen LogP contribution in [0.4, 0.5) is 0 Å². The molecule has 0 aliphatic carbocycles. The summed E-state index contributed by atoms with van der Waals surface area (Å²) in [5, 5.41) is 3.63. The summed E-state index contributed by atoms with van der Waals surface area (Å²) >= 11 is 3.68. The Morgan fingerprint density at radius 1 is 1.17 bits per heavy atom. The largest absolute Gasteiger partial charge is 0.492 e. The fourth-order valence-corrected chi connectivity index (χ4v) is 3.48. The summed E-state index contributed by atoms with van der Waals surface area (Å²) in [7, 11) is 4.12. The quantitative estimate of drug-likeness (QED) is 0.864. The third-order valence-corrected chi connectivity index (χ3v) is 4.91. The second-order valence-electron chi connectivity index (χ2n) is 6.17. The minimum absolute atomic E-state index is 0.241. The fourth-order valence-electron chi connectivity index (χ4n) is 2.96. The van der Waals surface area contributed by atoms with Crippen LogP contribution in [0, 0.1) is 0 Å². The highest BCUT2D eigenvalue weighted by Crippen LogP contribution is 2.34. The standard InChI is InChI=1S/C19H23BrN2O/c1-22(2)11-12-23-15-7-8-16-14(13-15)9-10-21-19(16)17-5-3-4-6-18(17)20/h3-8,13,19,21H,9-12H2,1-2H3. The maximum atomic E-state index is 5.88. The predicted octanol–water partition coefficient (Wildman–Crippen LogP) is 3.62. The molecule has 0 bridgehead atoms. The number of fused-ring (bicyclic) bond motifs is 1. The molecule has 4 heteroatoms. The molecular weight excluding hydrogens is 352 g/mol. The molecule has 0 fully saturated rings. The highest BCUT2D eigenvalue weighted by molar-refractivity contribution is 9.10. The Labute approximate surface area is 146 Å². The first kappa shape index (κ1) is 16.5. The summed E-state index contributed by atoms with van der Waals surface area (Å²) in [5.41, 5.74) is 4.02. The van der Waals surface area contributed by atoms with Gasteiger partial charge in [0.2, 0.25) is 0 Å². The summed E-state index contributed by atoms with van der Waals surface area (Å²) in [6.45, 7) is 2.63. The van der Waals surface area contributed by atoms with Crippen molar-refractivity contribution in [2.24, 2.45) is 0 Å². The van der Waals surface area contributed by atoms with Crippen LogP contribution in [0.25, 0.3) is 0 Å². The molecule has 1 atom stereocenters. The molecule has 1 unspecified atom stereocenters. The molecule has 1 aliphatic rings. The van der Waals surface area contributed by atoms with Gasteiger partial charge in [-0.15, -0.1) is 0 Å². The highest BCUT2D eigenvalue weighted by atomic mass is 79.9. The second kappa shape index (κ2) is 7.47. The van der Waals surface area contributed by atoms with Gasteiger partial charge in [0.05, 0.1) is 6.04 Å². The lowest BCUT2D eigenvalue weighted by molar-refractivity contribution is 0.261. The molecule has 1 heterocycles. The van der Waals surface area contributed by atoms with Crippen molar-refractivity contribution in [1.82, 2.24) is 10.2 Å². The number of benzene rings is 2. The molecule has 2 aromatic carbocycles. The maximum Gasteiger partial charge on any atom is 0.119 e. The molecule has 122 valence electrons. The summed E-state index contributed by atoms with van der Waals surface area (Å²) in [4.78, 5) is 2.13. The molecule has 0 saturated carbocycles. The van der Waals surface area contributed by atoms with Gasteiger partial charge in [0, 0.05) is 17.6 Å². The Morgan fingerprint density at radius 2 is 2.00 bits per heavy atom. The molecule has 23 heavy (non-hydrogen) atoms. The Bertz CT molecular complexity index is 672. The maximum absolute atomic E-state index is 5.88. The molecule has 1 N–H and O–H groups in total. The molecule has 2 aromatic rings. The van der Waals surface area contributed by atoms with E-state index in [0.29, 0.717) is 0 Å². The van der Waals surface area contributed by atoms with Gasteiger partial charge < -0.3 is 15.0 Å². The van der Waals surface area contributed by atoms with E-state index in [1.165, 1.54) is 16.7 Å². The third-order valence-electron chi connectivity index (χ3n) is 4.19. The number of likely N-dealkylation sites (N-methyl/N-ethyl adjacent to an activating group) is 1. The van der Waals surface area contributed by atoms with Crippen LogP contribution in [0.2, 0.25) is 0 Å². The van der Waals surface area contributed by atoms with Crippen LogP contribution in [0.5, 0.6) is 5.75 Å². The number of hydrogen-bond donors (Lipinski definition) is 1. The van der Waals surface area contributed by atoms with E-state index < -0.39 is 0 Å². The molecule has 0 aromatic heterocycles. The van der Waals surface area contributed by atoms with E-state index in [2.05, 4.69) is 82.7 Å². The lowest BCUT2D eigenvalue weighted by Crippen LogP contribution is -2.30. The average molecular weight is 375 g/mol. The van der Waals surface area contributed by atoms with E-state index in [9.17, 15) is 0 Å². The van der Waals surface area contributed by atoms with Gasteiger partial charge in [-0.3, -0.25) is 0 Å². The van der Waals surface area contributed by atoms with Crippen LogP contribution in [0.3, 0.4) is 0 Å². The zero-order valence-corrected chi connectivity index (χ0v) is 15.3. The van der Waals surface area contributed by atoms with E-state index in [0.717, 1.165) is 36.3 Å². The average Bonchev–Trinajstić information content (AvgIpc) is 2.54.